The van der Waals surface area contributed by atoms with E-state index in [-0.39, 0.29) is 17.6 Å². The van der Waals surface area contributed by atoms with Crippen molar-refractivity contribution in [2.24, 2.45) is 0 Å². The molecule has 1 heterocycles. The van der Waals surface area contributed by atoms with Gasteiger partial charge in [-0.15, -0.1) is 0 Å². The summed E-state index contributed by atoms with van der Waals surface area (Å²) in [6.45, 7) is 0. The van der Waals surface area contributed by atoms with E-state index in [9.17, 15) is 9.59 Å². The first-order valence-electron chi connectivity index (χ1n) is 5.74. The van der Waals surface area contributed by atoms with Crippen LogP contribution in [0.5, 0.6) is 0 Å². The number of hydrogen-bond acceptors (Lipinski definition) is 3. The molecule has 0 bridgehead atoms. The number of urea groups is 1. The maximum Gasteiger partial charge on any atom is 0.335 e. The number of nitrogens with one attached hydrogen (secondary N) is 2. The molecule has 1 aliphatic rings. The van der Waals surface area contributed by atoms with Gasteiger partial charge in [0, 0.05) is 16.3 Å². The van der Waals surface area contributed by atoms with Gasteiger partial charge in [-0.1, -0.05) is 0 Å². The smallest absolute Gasteiger partial charge is 0.335 e. The number of aromatic carboxylic acids is 1. The summed E-state index contributed by atoms with van der Waals surface area (Å²) in [5.41, 5.74) is 0.581. The molecule has 0 aromatic heterocycles. The van der Waals surface area contributed by atoms with Gasteiger partial charge in [0.2, 0.25) is 0 Å². The Morgan fingerprint density at radius 1 is 1.42 bits per heavy atom. The second-order valence-electron chi connectivity index (χ2n) is 4.16. The van der Waals surface area contributed by atoms with Crippen molar-refractivity contribution in [3.05, 3.63) is 28.2 Å². The molecule has 19 heavy (non-hydrogen) atoms. The first-order chi connectivity index (χ1) is 9.06. The van der Waals surface area contributed by atoms with E-state index < -0.39 is 5.97 Å². The van der Waals surface area contributed by atoms with Crippen LogP contribution in [-0.4, -0.2) is 34.7 Å². The summed E-state index contributed by atoms with van der Waals surface area (Å²) in [6, 6.07) is 4.38. The summed E-state index contributed by atoms with van der Waals surface area (Å²) in [7, 11) is 0. The first-order valence-corrected chi connectivity index (χ1v) is 7.69. The molecule has 0 spiro atoms. The van der Waals surface area contributed by atoms with Gasteiger partial charge >= 0.3 is 12.0 Å². The van der Waals surface area contributed by atoms with Crippen molar-refractivity contribution in [3.8, 4) is 0 Å². The molecule has 0 aliphatic carbocycles. The lowest BCUT2D eigenvalue weighted by Crippen LogP contribution is -2.37. The van der Waals surface area contributed by atoms with E-state index >= 15 is 0 Å². The number of hydrogen-bond donors (Lipinski definition) is 3. The number of thioether (sulfide) groups is 1. The third-order valence-corrected chi connectivity index (χ3v) is 4.58. The van der Waals surface area contributed by atoms with Crippen LogP contribution in [0, 0.1) is 0 Å². The lowest BCUT2D eigenvalue weighted by Gasteiger charge is -2.13. The summed E-state index contributed by atoms with van der Waals surface area (Å²) in [4.78, 5) is 22.7. The molecule has 1 aromatic rings. The molecule has 7 heteroatoms. The maximum atomic E-state index is 11.8. The summed E-state index contributed by atoms with van der Waals surface area (Å²) >= 11 is 5.09. The van der Waals surface area contributed by atoms with Crippen molar-refractivity contribution in [2.45, 2.75) is 12.5 Å². The van der Waals surface area contributed by atoms with Crippen molar-refractivity contribution >= 4 is 45.4 Å². The second kappa shape index (κ2) is 6.29. The molecule has 1 aromatic carbocycles. The van der Waals surface area contributed by atoms with Crippen LogP contribution >= 0.6 is 27.7 Å². The first kappa shape index (κ1) is 14.2. The number of carboxylic acid groups (broad SMARTS) is 1. The molecule has 1 saturated heterocycles. The van der Waals surface area contributed by atoms with E-state index in [0.717, 1.165) is 17.9 Å². The number of carbonyl (C=O) groups is 2. The third-order valence-electron chi connectivity index (χ3n) is 2.73. The van der Waals surface area contributed by atoms with E-state index in [2.05, 4.69) is 26.6 Å². The Bertz CT molecular complexity index is 504. The molecular formula is C12H13BrN2O3S. The predicted octanol–water partition coefficient (Wildman–Crippen LogP) is 2.77. The van der Waals surface area contributed by atoms with Crippen LogP contribution in [0.3, 0.4) is 0 Å². The highest BCUT2D eigenvalue weighted by atomic mass is 79.9. The normalized spacial score (nSPS) is 18.1. The zero-order valence-corrected chi connectivity index (χ0v) is 12.4. The minimum atomic E-state index is -1.02. The van der Waals surface area contributed by atoms with Gasteiger partial charge in [0.15, 0.2) is 0 Å². The van der Waals surface area contributed by atoms with Crippen molar-refractivity contribution in [3.63, 3.8) is 0 Å². The molecule has 1 unspecified atom stereocenters. The van der Waals surface area contributed by atoms with Crippen LogP contribution in [0.2, 0.25) is 0 Å². The molecule has 1 atom stereocenters. The standard InChI is InChI=1S/C12H13BrN2O3S/c13-9-2-1-7(11(16)17)5-10(9)15-12(18)14-8-3-4-19-6-8/h1-2,5,8H,3-4,6H2,(H,16,17)(H2,14,15,18). The van der Waals surface area contributed by atoms with Gasteiger partial charge in [0.05, 0.1) is 11.3 Å². The summed E-state index contributed by atoms with van der Waals surface area (Å²) in [5.74, 6) is 0.954. The molecule has 102 valence electrons. The van der Waals surface area contributed by atoms with Crippen molar-refractivity contribution in [1.82, 2.24) is 5.32 Å². The van der Waals surface area contributed by atoms with Crippen molar-refractivity contribution in [2.75, 3.05) is 16.8 Å². The highest BCUT2D eigenvalue weighted by Gasteiger charge is 2.18. The third kappa shape index (κ3) is 3.87. The predicted molar refractivity (Wildman–Crippen MR) is 79.0 cm³/mol. The summed E-state index contributed by atoms with van der Waals surface area (Å²) < 4.78 is 0.647. The van der Waals surface area contributed by atoms with Crippen molar-refractivity contribution < 1.29 is 14.7 Å². The monoisotopic (exact) mass is 344 g/mol. The van der Waals surface area contributed by atoms with Gasteiger partial charge in [0.25, 0.3) is 0 Å². The number of rotatable bonds is 3. The second-order valence-corrected chi connectivity index (χ2v) is 6.16. The molecule has 2 rings (SSSR count). The van der Waals surface area contributed by atoms with Crippen LogP contribution in [-0.2, 0) is 0 Å². The Morgan fingerprint density at radius 3 is 2.84 bits per heavy atom. The SMILES string of the molecule is O=C(Nc1cc(C(=O)O)ccc1Br)NC1CCSC1. The molecular weight excluding hydrogens is 332 g/mol. The van der Waals surface area contributed by atoms with Crippen LogP contribution in [0.1, 0.15) is 16.8 Å². The average Bonchev–Trinajstić information content (AvgIpc) is 2.84. The van der Waals surface area contributed by atoms with Gasteiger partial charge in [-0.25, -0.2) is 9.59 Å². The van der Waals surface area contributed by atoms with E-state index in [0.29, 0.717) is 10.2 Å². The fraction of sp³-hybridized carbons (Fsp3) is 0.333. The van der Waals surface area contributed by atoms with Crippen molar-refractivity contribution in [1.29, 1.82) is 0 Å². The Labute approximate surface area is 123 Å². The van der Waals surface area contributed by atoms with E-state index in [1.807, 2.05) is 11.8 Å². The fourth-order valence-corrected chi connectivity index (χ4v) is 3.24. The number of amides is 2. The quantitative estimate of drug-likeness (QED) is 0.787. The Hall–Kier alpha value is -1.21. The minimum absolute atomic E-state index is 0.134. The summed E-state index contributed by atoms with van der Waals surface area (Å²) in [5, 5.41) is 14.4. The fourth-order valence-electron chi connectivity index (χ4n) is 1.75. The van der Waals surface area contributed by atoms with Gasteiger partial charge in [-0.05, 0) is 46.3 Å². The van der Waals surface area contributed by atoms with Crippen LogP contribution in [0.25, 0.3) is 0 Å². The zero-order chi connectivity index (χ0) is 13.8. The zero-order valence-electron chi connectivity index (χ0n) is 9.98. The number of carbonyl (C=O) groups excluding carboxylic acids is 1. The molecule has 0 radical (unpaired) electrons. The lowest BCUT2D eigenvalue weighted by atomic mass is 10.2. The molecule has 1 fully saturated rings. The minimum Gasteiger partial charge on any atom is -0.478 e. The molecule has 3 N–H and O–H groups in total. The van der Waals surface area contributed by atoms with Gasteiger partial charge in [-0.3, -0.25) is 0 Å². The summed E-state index contributed by atoms with van der Waals surface area (Å²) in [6.07, 6.45) is 0.967. The molecule has 5 nitrogen and oxygen atoms in total. The van der Waals surface area contributed by atoms with Crippen LogP contribution in [0.15, 0.2) is 22.7 Å². The van der Waals surface area contributed by atoms with Gasteiger partial charge < -0.3 is 15.7 Å². The molecule has 2 amide bonds. The van der Waals surface area contributed by atoms with Gasteiger partial charge in [0.1, 0.15) is 0 Å². The molecule has 1 aliphatic heterocycles. The van der Waals surface area contributed by atoms with Crippen LogP contribution < -0.4 is 10.6 Å². The number of benzene rings is 1. The Morgan fingerprint density at radius 2 is 2.21 bits per heavy atom. The maximum absolute atomic E-state index is 11.8. The van der Waals surface area contributed by atoms with Gasteiger partial charge in [-0.2, -0.15) is 11.8 Å². The number of carboxylic acids is 1. The average molecular weight is 345 g/mol. The Balaban J connectivity index is 2.02. The Kier molecular flexibility index (Phi) is 4.71. The number of halogens is 1. The van der Waals surface area contributed by atoms with E-state index in [1.54, 1.807) is 6.07 Å². The highest BCUT2D eigenvalue weighted by molar-refractivity contribution is 9.10. The highest BCUT2D eigenvalue weighted by Crippen LogP contribution is 2.24. The van der Waals surface area contributed by atoms with E-state index in [1.165, 1.54) is 12.1 Å². The lowest BCUT2D eigenvalue weighted by molar-refractivity contribution is 0.0697. The van der Waals surface area contributed by atoms with Crippen LogP contribution in [0.4, 0.5) is 10.5 Å². The molecule has 0 saturated carbocycles. The van der Waals surface area contributed by atoms with E-state index in [4.69, 9.17) is 5.11 Å². The number of anilines is 1. The largest absolute Gasteiger partial charge is 0.478 e. The topological polar surface area (TPSA) is 78.4 Å².